The van der Waals surface area contributed by atoms with Gasteiger partial charge in [0, 0.05) is 6.54 Å². The lowest BCUT2D eigenvalue weighted by Crippen LogP contribution is -2.17. The molecule has 0 unspecified atom stereocenters. The molecule has 0 amide bonds. The molecule has 0 radical (unpaired) electrons. The molecule has 0 N–H and O–H groups in total. The van der Waals surface area contributed by atoms with Crippen LogP contribution in [-0.2, 0) is 0 Å². The average molecular weight is 156 g/mol. The Morgan fingerprint density at radius 2 is 2.09 bits per heavy atom. The first-order valence-corrected chi connectivity index (χ1v) is 3.87. The Kier molecular flexibility index (Phi) is 5.71. The second-order valence-corrected chi connectivity index (χ2v) is 2.90. The highest BCUT2D eigenvalue weighted by atomic mass is 15.1. The summed E-state index contributed by atoms with van der Waals surface area (Å²) in [5.74, 6) is 0. The van der Waals surface area contributed by atoms with Crippen LogP contribution >= 0.6 is 0 Å². The van der Waals surface area contributed by atoms with Gasteiger partial charge in [0.05, 0.1) is 13.6 Å². The third-order valence-corrected chi connectivity index (χ3v) is 1.37. The van der Waals surface area contributed by atoms with Gasteiger partial charge in [-0.25, -0.2) is 4.58 Å². The van der Waals surface area contributed by atoms with E-state index in [1.54, 1.807) is 7.05 Å². The molecule has 0 spiro atoms. The summed E-state index contributed by atoms with van der Waals surface area (Å²) < 4.78 is 1.98. The maximum atomic E-state index is 3.80. The molecule has 0 heterocycles. The minimum Gasteiger partial charge on any atom is -0.309 e. The van der Waals surface area contributed by atoms with Crippen molar-refractivity contribution in [3.05, 3.63) is 0 Å². The molecule has 0 aromatic heterocycles. The van der Waals surface area contributed by atoms with E-state index in [1.807, 2.05) is 11.6 Å². The third kappa shape index (κ3) is 7.23. The van der Waals surface area contributed by atoms with Crippen LogP contribution in [0.1, 0.15) is 6.42 Å². The van der Waals surface area contributed by atoms with Crippen molar-refractivity contribution in [1.29, 1.82) is 0 Å². The molecule has 11 heavy (non-hydrogen) atoms. The predicted octanol–water partition coefficient (Wildman–Crippen LogP) is 0.384. The van der Waals surface area contributed by atoms with Crippen LogP contribution in [0.25, 0.3) is 0 Å². The average Bonchev–Trinajstić information content (AvgIpc) is 1.87. The van der Waals surface area contributed by atoms with Gasteiger partial charge < -0.3 is 4.90 Å². The smallest absolute Gasteiger partial charge is 0.305 e. The monoisotopic (exact) mass is 156 g/mol. The summed E-state index contributed by atoms with van der Waals surface area (Å²) in [6, 6.07) is 2.86. The van der Waals surface area contributed by atoms with Gasteiger partial charge in [-0.3, -0.25) is 0 Å². The van der Waals surface area contributed by atoms with Crippen molar-refractivity contribution in [1.82, 2.24) is 4.90 Å². The molecule has 3 nitrogen and oxygen atoms in total. The van der Waals surface area contributed by atoms with Crippen LogP contribution in [0.15, 0.2) is 4.99 Å². The number of hydrogen-bond donors (Lipinski definition) is 0. The van der Waals surface area contributed by atoms with E-state index in [0.29, 0.717) is 0 Å². The molecule has 0 saturated carbocycles. The van der Waals surface area contributed by atoms with Gasteiger partial charge in [-0.2, -0.15) is 0 Å². The van der Waals surface area contributed by atoms with E-state index >= 15 is 0 Å². The molecule has 3 heteroatoms. The second kappa shape index (κ2) is 6.08. The Labute approximate surface area is 69.1 Å². The van der Waals surface area contributed by atoms with E-state index in [0.717, 1.165) is 19.5 Å². The van der Waals surface area contributed by atoms with E-state index < -0.39 is 0 Å². The van der Waals surface area contributed by atoms with Gasteiger partial charge in [0.2, 0.25) is 0 Å². The Morgan fingerprint density at radius 3 is 2.55 bits per heavy atom. The molecule has 0 aromatic carbocycles. The summed E-state index contributed by atoms with van der Waals surface area (Å²) >= 11 is 0. The zero-order valence-corrected chi connectivity index (χ0v) is 7.96. The lowest BCUT2D eigenvalue weighted by molar-refractivity contribution is -0.491. The van der Waals surface area contributed by atoms with Crippen LogP contribution in [0.3, 0.4) is 0 Å². The van der Waals surface area contributed by atoms with Crippen molar-refractivity contribution < 1.29 is 4.58 Å². The summed E-state index contributed by atoms with van der Waals surface area (Å²) in [4.78, 5) is 5.97. The number of rotatable bonds is 4. The predicted molar refractivity (Wildman–Crippen MR) is 47.6 cm³/mol. The summed E-state index contributed by atoms with van der Waals surface area (Å²) in [5.41, 5.74) is 0. The van der Waals surface area contributed by atoms with E-state index in [9.17, 15) is 0 Å². The lowest BCUT2D eigenvalue weighted by atomic mass is 10.4. The Bertz CT molecular complexity index is 155. The Morgan fingerprint density at radius 1 is 1.45 bits per heavy atom. The highest BCUT2D eigenvalue weighted by Crippen LogP contribution is 1.82. The fourth-order valence-electron chi connectivity index (χ4n) is 0.845. The van der Waals surface area contributed by atoms with E-state index in [1.165, 1.54) is 0 Å². The first-order chi connectivity index (χ1) is 5.16. The maximum absolute atomic E-state index is 3.80. The normalized spacial score (nSPS) is 9.55. The zero-order valence-electron chi connectivity index (χ0n) is 7.96. The van der Waals surface area contributed by atoms with Crippen LogP contribution in [0, 0.1) is 0 Å². The van der Waals surface area contributed by atoms with E-state index in [-0.39, 0.29) is 0 Å². The highest BCUT2D eigenvalue weighted by Gasteiger charge is 1.93. The van der Waals surface area contributed by atoms with Crippen molar-refractivity contribution in [3.8, 4) is 0 Å². The fourth-order valence-corrected chi connectivity index (χ4v) is 0.845. The van der Waals surface area contributed by atoms with Crippen molar-refractivity contribution >= 4 is 6.01 Å². The molecule has 0 aliphatic rings. The molecular weight excluding hydrogens is 138 g/mol. The summed E-state index contributed by atoms with van der Waals surface area (Å²) in [7, 11) is 7.89. The molecule has 0 aliphatic carbocycles. The highest BCUT2D eigenvalue weighted by molar-refractivity contribution is 5.33. The van der Waals surface area contributed by atoms with E-state index in [4.69, 9.17) is 0 Å². The minimum absolute atomic E-state index is 1.02. The summed E-state index contributed by atoms with van der Waals surface area (Å²) in [6.07, 6.45) is 1.16. The zero-order chi connectivity index (χ0) is 8.69. The largest absolute Gasteiger partial charge is 0.309 e. The quantitative estimate of drug-likeness (QED) is 0.425. The first kappa shape index (κ1) is 10.3. The Balaban J connectivity index is 3.47. The molecule has 0 aliphatic heterocycles. The summed E-state index contributed by atoms with van der Waals surface area (Å²) in [5, 5.41) is 0. The minimum atomic E-state index is 1.02. The molecule has 0 bridgehead atoms. The van der Waals surface area contributed by atoms with E-state index in [2.05, 4.69) is 30.0 Å². The molecule has 0 atom stereocenters. The van der Waals surface area contributed by atoms with Crippen LogP contribution in [0.5, 0.6) is 0 Å². The number of aliphatic imine (C=N–C) groups is 1. The molecule has 0 fully saturated rings. The van der Waals surface area contributed by atoms with Gasteiger partial charge in [-0.05, 0) is 25.5 Å². The molecular formula is C8H18N3+. The van der Waals surface area contributed by atoms with Gasteiger partial charge in [-0.15, -0.1) is 0 Å². The number of nitrogens with zero attached hydrogens (tertiary/aromatic N) is 3. The molecule has 0 rings (SSSR count). The van der Waals surface area contributed by atoms with Gasteiger partial charge >= 0.3 is 6.01 Å². The maximum Gasteiger partial charge on any atom is 0.305 e. The van der Waals surface area contributed by atoms with Crippen LogP contribution in [0.2, 0.25) is 0 Å². The topological polar surface area (TPSA) is 18.6 Å². The van der Waals surface area contributed by atoms with Crippen LogP contribution in [0.4, 0.5) is 0 Å². The molecule has 0 saturated heterocycles. The van der Waals surface area contributed by atoms with Gasteiger partial charge in [0.1, 0.15) is 7.05 Å². The third-order valence-electron chi connectivity index (χ3n) is 1.37. The van der Waals surface area contributed by atoms with Crippen molar-refractivity contribution in [3.63, 3.8) is 0 Å². The van der Waals surface area contributed by atoms with Crippen molar-refractivity contribution in [2.45, 2.75) is 6.42 Å². The lowest BCUT2D eigenvalue weighted by Gasteiger charge is -2.06. The van der Waals surface area contributed by atoms with Crippen molar-refractivity contribution in [2.75, 3.05) is 41.3 Å². The summed E-state index contributed by atoms with van der Waals surface area (Å²) in [6.45, 7) is 2.14. The number of hydrogen-bond acceptors (Lipinski definition) is 2. The van der Waals surface area contributed by atoms with Crippen LogP contribution in [-0.4, -0.2) is 56.8 Å². The van der Waals surface area contributed by atoms with Gasteiger partial charge in [0.25, 0.3) is 0 Å². The SMILES string of the molecule is CN=C=[N+](C)CCCN(C)C. The van der Waals surface area contributed by atoms with Gasteiger partial charge in [0.15, 0.2) is 0 Å². The second-order valence-electron chi connectivity index (χ2n) is 2.90. The van der Waals surface area contributed by atoms with Crippen molar-refractivity contribution in [2.24, 2.45) is 4.99 Å². The standard InChI is InChI=1S/C8H18N3/c1-9-8-11(4)7-5-6-10(2)3/h5-7H2,1-4H3/q+1. The van der Waals surface area contributed by atoms with Gasteiger partial charge in [-0.1, -0.05) is 0 Å². The Hall–Kier alpha value is -0.660. The molecule has 0 aromatic rings. The fraction of sp³-hybridized carbons (Fsp3) is 0.875. The first-order valence-electron chi connectivity index (χ1n) is 3.87. The molecule has 64 valence electrons. The van der Waals surface area contributed by atoms with Crippen LogP contribution < -0.4 is 0 Å².